The number of carbonyl (C=O) groups excluding carboxylic acids is 1. The minimum atomic E-state index is 0.0632. The highest BCUT2D eigenvalue weighted by Crippen LogP contribution is 2.37. The second-order valence-corrected chi connectivity index (χ2v) is 5.46. The average molecular weight is 291 g/mol. The monoisotopic (exact) mass is 291 g/mol. The van der Waals surface area contributed by atoms with Gasteiger partial charge >= 0.3 is 0 Å². The van der Waals surface area contributed by atoms with Crippen molar-refractivity contribution in [3.63, 3.8) is 0 Å². The Morgan fingerprint density at radius 2 is 2.23 bits per heavy atom. The van der Waals surface area contributed by atoms with E-state index in [-0.39, 0.29) is 5.78 Å². The molecule has 22 heavy (non-hydrogen) atoms. The molecule has 1 aliphatic rings. The maximum Gasteiger partial charge on any atom is 0.159 e. The van der Waals surface area contributed by atoms with E-state index in [4.69, 9.17) is 4.74 Å². The number of rotatable bonds is 3. The number of benzene rings is 1. The molecule has 0 fully saturated rings. The third-order valence-corrected chi connectivity index (χ3v) is 3.86. The molecule has 1 aliphatic heterocycles. The number of hydrogen-bond donors (Lipinski definition) is 0. The summed E-state index contributed by atoms with van der Waals surface area (Å²) in [4.78, 5) is 16.2. The van der Waals surface area contributed by atoms with Crippen LogP contribution >= 0.6 is 0 Å². The number of Topliss-reactive ketones (excluding diaryl/α,β-unsaturated/α-hetero) is 1. The SMILES string of the molecule is BCC/C=C1/c2cc(C(C)=O)ccc2OCc2ncccc21. The van der Waals surface area contributed by atoms with Gasteiger partial charge in [-0.25, -0.2) is 0 Å². The molecule has 3 rings (SSSR count). The Bertz CT molecular complexity index is 753. The van der Waals surface area contributed by atoms with Gasteiger partial charge in [0.25, 0.3) is 0 Å². The number of nitrogens with zero attached hydrogens (tertiary/aromatic N) is 1. The predicted molar refractivity (Wildman–Crippen MR) is 90.1 cm³/mol. The Morgan fingerprint density at radius 1 is 1.36 bits per heavy atom. The predicted octanol–water partition coefficient (Wildman–Crippen LogP) is 3.05. The fourth-order valence-electron chi connectivity index (χ4n) is 2.68. The van der Waals surface area contributed by atoms with Gasteiger partial charge in [-0.05, 0) is 43.2 Å². The number of carbonyl (C=O) groups is 1. The van der Waals surface area contributed by atoms with Gasteiger partial charge in [0.05, 0.1) is 5.69 Å². The van der Waals surface area contributed by atoms with E-state index >= 15 is 0 Å². The summed E-state index contributed by atoms with van der Waals surface area (Å²) in [7, 11) is 2.15. The van der Waals surface area contributed by atoms with Crippen LogP contribution in [0.4, 0.5) is 0 Å². The highest BCUT2D eigenvalue weighted by atomic mass is 16.5. The van der Waals surface area contributed by atoms with Crippen molar-refractivity contribution in [2.75, 3.05) is 0 Å². The Labute approximate surface area is 131 Å². The highest BCUT2D eigenvalue weighted by molar-refractivity contribution is 6.08. The second kappa shape index (κ2) is 6.18. The van der Waals surface area contributed by atoms with E-state index in [0.717, 1.165) is 40.9 Å². The zero-order valence-electron chi connectivity index (χ0n) is 12.9. The molecular weight excluding hydrogens is 273 g/mol. The van der Waals surface area contributed by atoms with Crippen molar-refractivity contribution in [2.45, 2.75) is 26.3 Å². The Balaban J connectivity index is 2.21. The molecule has 0 spiro atoms. The van der Waals surface area contributed by atoms with Gasteiger partial charge in [-0.2, -0.15) is 0 Å². The number of fused-ring (bicyclic) bond motifs is 2. The van der Waals surface area contributed by atoms with Crippen LogP contribution in [0.1, 0.15) is 40.5 Å². The van der Waals surface area contributed by atoms with Crippen LogP contribution in [-0.4, -0.2) is 18.6 Å². The summed E-state index contributed by atoms with van der Waals surface area (Å²) < 4.78 is 5.91. The van der Waals surface area contributed by atoms with Crippen LogP contribution in [0, 0.1) is 0 Å². The molecular formula is C18H18BNO2. The fourth-order valence-corrected chi connectivity index (χ4v) is 2.68. The second-order valence-electron chi connectivity index (χ2n) is 5.46. The first-order valence-electron chi connectivity index (χ1n) is 7.63. The topological polar surface area (TPSA) is 39.2 Å². The fraction of sp³-hybridized carbons (Fsp3) is 0.222. The number of pyridine rings is 1. The number of aromatic nitrogens is 1. The van der Waals surface area contributed by atoms with Gasteiger partial charge in [-0.3, -0.25) is 9.78 Å². The van der Waals surface area contributed by atoms with E-state index in [0.29, 0.717) is 12.2 Å². The highest BCUT2D eigenvalue weighted by Gasteiger charge is 2.20. The average Bonchev–Trinajstić information content (AvgIpc) is 2.69. The minimum absolute atomic E-state index is 0.0632. The molecule has 0 radical (unpaired) electrons. The first-order chi connectivity index (χ1) is 10.7. The molecule has 0 bridgehead atoms. The molecule has 110 valence electrons. The molecule has 0 unspecified atom stereocenters. The van der Waals surface area contributed by atoms with Crippen LogP contribution in [0.3, 0.4) is 0 Å². The zero-order chi connectivity index (χ0) is 15.5. The van der Waals surface area contributed by atoms with Gasteiger partial charge in [0.15, 0.2) is 5.78 Å². The summed E-state index contributed by atoms with van der Waals surface area (Å²) >= 11 is 0. The van der Waals surface area contributed by atoms with E-state index in [1.54, 1.807) is 13.1 Å². The van der Waals surface area contributed by atoms with Crippen molar-refractivity contribution in [3.8, 4) is 5.75 Å². The first-order valence-corrected chi connectivity index (χ1v) is 7.63. The molecule has 0 saturated carbocycles. The van der Waals surface area contributed by atoms with Gasteiger partial charge in [0.1, 0.15) is 20.2 Å². The standard InChI is InChI=1S/C18H18BNO2/c1-12(21)13-6-7-18-16(10-13)14(4-2-8-19)15-5-3-9-20-17(15)11-22-18/h3-7,9-10H,2,8,11,19H2,1H3/b14-4+. The molecule has 0 saturated heterocycles. The normalized spacial score (nSPS) is 14.7. The van der Waals surface area contributed by atoms with Crippen molar-refractivity contribution < 1.29 is 9.53 Å². The third-order valence-electron chi connectivity index (χ3n) is 3.86. The van der Waals surface area contributed by atoms with Crippen LogP contribution in [0.15, 0.2) is 42.6 Å². The van der Waals surface area contributed by atoms with Crippen molar-refractivity contribution in [3.05, 3.63) is 65.0 Å². The van der Waals surface area contributed by atoms with E-state index in [1.807, 2.05) is 24.3 Å². The van der Waals surface area contributed by atoms with Gasteiger partial charge < -0.3 is 4.74 Å². The molecule has 3 nitrogen and oxygen atoms in total. The Hall–Kier alpha value is -2.36. The molecule has 2 aromatic rings. The summed E-state index contributed by atoms with van der Waals surface area (Å²) in [5.74, 6) is 0.874. The third kappa shape index (κ3) is 2.69. The van der Waals surface area contributed by atoms with Crippen LogP contribution in [0.2, 0.25) is 6.32 Å². The van der Waals surface area contributed by atoms with Crippen LogP contribution in [-0.2, 0) is 6.61 Å². The van der Waals surface area contributed by atoms with E-state index < -0.39 is 0 Å². The van der Waals surface area contributed by atoms with E-state index in [1.165, 1.54) is 0 Å². The molecule has 0 N–H and O–H groups in total. The maximum absolute atomic E-state index is 11.7. The lowest BCUT2D eigenvalue weighted by molar-refractivity contribution is 0.101. The minimum Gasteiger partial charge on any atom is -0.487 e. The number of ether oxygens (including phenoxy) is 1. The lowest BCUT2D eigenvalue weighted by atomic mass is 9.92. The van der Waals surface area contributed by atoms with Gasteiger partial charge in [0, 0.05) is 22.9 Å². The number of hydrogen-bond acceptors (Lipinski definition) is 3. The quantitative estimate of drug-likeness (QED) is 0.644. The maximum atomic E-state index is 11.7. The largest absolute Gasteiger partial charge is 0.487 e. The van der Waals surface area contributed by atoms with Gasteiger partial charge in [-0.15, -0.1) is 0 Å². The molecule has 4 heteroatoms. The smallest absolute Gasteiger partial charge is 0.159 e. The number of ketones is 1. The van der Waals surface area contributed by atoms with Crippen molar-refractivity contribution >= 4 is 19.2 Å². The van der Waals surface area contributed by atoms with Crippen LogP contribution in [0.5, 0.6) is 5.75 Å². The first kappa shape index (κ1) is 14.6. The number of allylic oxidation sites excluding steroid dienone is 1. The van der Waals surface area contributed by atoms with Crippen molar-refractivity contribution in [1.29, 1.82) is 0 Å². The summed E-state index contributed by atoms with van der Waals surface area (Å²) in [5, 5.41) is 0. The molecule has 1 aromatic carbocycles. The van der Waals surface area contributed by atoms with E-state index in [9.17, 15) is 4.79 Å². The Morgan fingerprint density at radius 3 is 3.00 bits per heavy atom. The van der Waals surface area contributed by atoms with E-state index in [2.05, 4.69) is 25.0 Å². The molecule has 2 heterocycles. The summed E-state index contributed by atoms with van der Waals surface area (Å²) in [5.41, 5.74) is 4.83. The molecule has 0 aliphatic carbocycles. The van der Waals surface area contributed by atoms with Crippen LogP contribution in [0.25, 0.3) is 5.57 Å². The van der Waals surface area contributed by atoms with Crippen molar-refractivity contribution in [1.82, 2.24) is 4.98 Å². The molecule has 0 amide bonds. The van der Waals surface area contributed by atoms with Crippen molar-refractivity contribution in [2.24, 2.45) is 0 Å². The van der Waals surface area contributed by atoms with Gasteiger partial charge in [0.2, 0.25) is 0 Å². The Kier molecular flexibility index (Phi) is 4.10. The summed E-state index contributed by atoms with van der Waals surface area (Å²) in [6, 6.07) is 9.65. The molecule has 1 aromatic heterocycles. The van der Waals surface area contributed by atoms with Crippen LogP contribution < -0.4 is 4.74 Å². The summed E-state index contributed by atoms with van der Waals surface area (Å²) in [6.07, 6.45) is 6.06. The summed E-state index contributed by atoms with van der Waals surface area (Å²) in [6.45, 7) is 2.04. The molecule has 0 atom stereocenters. The lowest BCUT2D eigenvalue weighted by Crippen LogP contribution is -1.98. The van der Waals surface area contributed by atoms with Gasteiger partial charge in [-0.1, -0.05) is 18.5 Å². The lowest BCUT2D eigenvalue weighted by Gasteiger charge is -2.11. The zero-order valence-corrected chi connectivity index (χ0v) is 12.9.